The van der Waals surface area contributed by atoms with Gasteiger partial charge in [0.2, 0.25) is 5.91 Å². The van der Waals surface area contributed by atoms with E-state index in [1.165, 1.54) is 25.7 Å². The lowest BCUT2D eigenvalue weighted by Gasteiger charge is -2.39. The lowest BCUT2D eigenvalue weighted by Crippen LogP contribution is -2.40. The van der Waals surface area contributed by atoms with Crippen LogP contribution in [-0.2, 0) is 4.79 Å². The van der Waals surface area contributed by atoms with Gasteiger partial charge in [0, 0.05) is 25.0 Å². The molecule has 1 amide bonds. The van der Waals surface area contributed by atoms with Gasteiger partial charge in [-0.25, -0.2) is 0 Å². The van der Waals surface area contributed by atoms with Gasteiger partial charge in [-0.1, -0.05) is 20.8 Å². The minimum absolute atomic E-state index is 0.105. The predicted molar refractivity (Wildman–Crippen MR) is 76.6 cm³/mol. The fourth-order valence-electron chi connectivity index (χ4n) is 4.76. The fraction of sp³-hybridized carbons (Fsp3) is 0.938. The van der Waals surface area contributed by atoms with Gasteiger partial charge in [-0.2, -0.15) is 0 Å². The molecule has 1 heterocycles. The van der Waals surface area contributed by atoms with Crippen molar-refractivity contribution in [3.63, 3.8) is 0 Å². The topological polar surface area (TPSA) is 46.3 Å². The molecule has 3 fully saturated rings. The molecule has 2 bridgehead atoms. The second kappa shape index (κ2) is 4.21. The van der Waals surface area contributed by atoms with E-state index in [9.17, 15) is 4.79 Å². The highest BCUT2D eigenvalue weighted by Gasteiger charge is 2.51. The number of hydrogen-bond donors (Lipinski definition) is 1. The van der Waals surface area contributed by atoms with Gasteiger partial charge in [0.1, 0.15) is 0 Å². The number of likely N-dealkylation sites (tertiary alicyclic amines) is 1. The standard InChI is InChI=1S/C16H28N2O/c1-15(2)7-12-8-16(3,9-15)10-18(12)14(19)6-13(17)11-4-5-11/h11-13H,4-10,17H2,1-3H3. The zero-order chi connectivity index (χ0) is 13.8. The molecule has 3 rings (SSSR count). The van der Waals surface area contributed by atoms with Gasteiger partial charge in [0.05, 0.1) is 0 Å². The van der Waals surface area contributed by atoms with Gasteiger partial charge in [0.25, 0.3) is 0 Å². The quantitative estimate of drug-likeness (QED) is 0.851. The van der Waals surface area contributed by atoms with Gasteiger partial charge in [-0.15, -0.1) is 0 Å². The van der Waals surface area contributed by atoms with E-state index in [4.69, 9.17) is 5.73 Å². The van der Waals surface area contributed by atoms with Crippen molar-refractivity contribution >= 4 is 5.91 Å². The van der Waals surface area contributed by atoms with E-state index in [0.29, 0.717) is 35.1 Å². The second-order valence-corrected chi connectivity index (χ2v) is 8.44. The normalized spacial score (nSPS) is 38.3. The van der Waals surface area contributed by atoms with Crippen molar-refractivity contribution in [2.24, 2.45) is 22.5 Å². The molecule has 2 aliphatic carbocycles. The molecule has 3 heteroatoms. The van der Waals surface area contributed by atoms with Crippen LogP contribution in [0.5, 0.6) is 0 Å². The number of carbonyl (C=O) groups excluding carboxylic acids is 1. The maximum atomic E-state index is 12.5. The molecule has 0 aromatic rings. The highest BCUT2D eigenvalue weighted by molar-refractivity contribution is 5.77. The van der Waals surface area contributed by atoms with Crippen LogP contribution in [0.1, 0.15) is 59.3 Å². The number of hydrogen-bond acceptors (Lipinski definition) is 2. The second-order valence-electron chi connectivity index (χ2n) is 8.44. The van der Waals surface area contributed by atoms with E-state index >= 15 is 0 Å². The molecule has 3 nitrogen and oxygen atoms in total. The molecule has 19 heavy (non-hydrogen) atoms. The van der Waals surface area contributed by atoms with Crippen LogP contribution in [0.25, 0.3) is 0 Å². The number of rotatable bonds is 3. The predicted octanol–water partition coefficient (Wildman–Crippen LogP) is 2.54. The summed E-state index contributed by atoms with van der Waals surface area (Å²) >= 11 is 0. The first-order valence-corrected chi connectivity index (χ1v) is 7.83. The first-order chi connectivity index (χ1) is 8.78. The molecular formula is C16H28N2O. The van der Waals surface area contributed by atoms with Crippen molar-refractivity contribution in [3.05, 3.63) is 0 Å². The molecule has 0 spiro atoms. The van der Waals surface area contributed by atoms with Crippen molar-refractivity contribution in [2.75, 3.05) is 6.54 Å². The Morgan fingerprint density at radius 3 is 2.63 bits per heavy atom. The van der Waals surface area contributed by atoms with Crippen LogP contribution < -0.4 is 5.73 Å². The summed E-state index contributed by atoms with van der Waals surface area (Å²) < 4.78 is 0. The molecule has 1 saturated heterocycles. The summed E-state index contributed by atoms with van der Waals surface area (Å²) in [4.78, 5) is 14.7. The van der Waals surface area contributed by atoms with E-state index in [1.807, 2.05) is 0 Å². The third-order valence-corrected chi connectivity index (χ3v) is 5.37. The first kappa shape index (κ1) is 13.4. The molecular weight excluding hydrogens is 236 g/mol. The summed E-state index contributed by atoms with van der Waals surface area (Å²) in [7, 11) is 0. The van der Waals surface area contributed by atoms with Gasteiger partial charge < -0.3 is 10.6 Å². The Balaban J connectivity index is 1.67. The van der Waals surface area contributed by atoms with Gasteiger partial charge in [-0.3, -0.25) is 4.79 Å². The zero-order valence-corrected chi connectivity index (χ0v) is 12.6. The van der Waals surface area contributed by atoms with Crippen molar-refractivity contribution in [1.29, 1.82) is 0 Å². The van der Waals surface area contributed by atoms with Crippen molar-refractivity contribution < 1.29 is 4.79 Å². The van der Waals surface area contributed by atoms with Crippen molar-refractivity contribution in [1.82, 2.24) is 4.90 Å². The van der Waals surface area contributed by atoms with Crippen molar-refractivity contribution in [2.45, 2.75) is 71.4 Å². The largest absolute Gasteiger partial charge is 0.339 e. The number of nitrogens with zero attached hydrogens (tertiary/aromatic N) is 1. The van der Waals surface area contributed by atoms with Crippen LogP contribution in [0.4, 0.5) is 0 Å². The summed E-state index contributed by atoms with van der Waals surface area (Å²) in [5, 5.41) is 0. The van der Waals surface area contributed by atoms with Crippen LogP contribution in [0, 0.1) is 16.7 Å². The van der Waals surface area contributed by atoms with E-state index < -0.39 is 0 Å². The van der Waals surface area contributed by atoms with E-state index in [2.05, 4.69) is 25.7 Å². The summed E-state index contributed by atoms with van der Waals surface area (Å²) in [6.45, 7) is 8.01. The minimum Gasteiger partial charge on any atom is -0.339 e. The van der Waals surface area contributed by atoms with E-state index in [-0.39, 0.29) is 6.04 Å². The fourth-order valence-corrected chi connectivity index (χ4v) is 4.76. The highest BCUT2D eigenvalue weighted by atomic mass is 16.2. The minimum atomic E-state index is 0.105. The van der Waals surface area contributed by atoms with Gasteiger partial charge in [0.15, 0.2) is 0 Å². The van der Waals surface area contributed by atoms with Crippen molar-refractivity contribution in [3.8, 4) is 0 Å². The summed E-state index contributed by atoms with van der Waals surface area (Å²) in [6.07, 6.45) is 6.62. The first-order valence-electron chi connectivity index (χ1n) is 7.83. The Hall–Kier alpha value is -0.570. The molecule has 3 unspecified atom stereocenters. The van der Waals surface area contributed by atoms with Gasteiger partial charge >= 0.3 is 0 Å². The monoisotopic (exact) mass is 264 g/mol. The maximum absolute atomic E-state index is 12.5. The molecule has 2 saturated carbocycles. The van der Waals surface area contributed by atoms with Gasteiger partial charge in [-0.05, 0) is 48.9 Å². The molecule has 0 radical (unpaired) electrons. The number of carbonyl (C=O) groups is 1. The Labute approximate surface area is 116 Å². The molecule has 2 N–H and O–H groups in total. The smallest absolute Gasteiger partial charge is 0.224 e. The molecule has 108 valence electrons. The van der Waals surface area contributed by atoms with E-state index in [0.717, 1.165) is 13.0 Å². The lowest BCUT2D eigenvalue weighted by atomic mass is 9.65. The molecule has 0 aromatic heterocycles. The summed E-state index contributed by atoms with van der Waals surface area (Å²) in [5.41, 5.74) is 6.84. The molecule has 3 atom stereocenters. The van der Waals surface area contributed by atoms with E-state index in [1.54, 1.807) is 0 Å². The Kier molecular flexibility index (Phi) is 2.97. The Morgan fingerprint density at radius 1 is 1.32 bits per heavy atom. The highest BCUT2D eigenvalue weighted by Crippen LogP contribution is 2.52. The van der Waals surface area contributed by atoms with Crippen LogP contribution in [0.2, 0.25) is 0 Å². The number of nitrogens with two attached hydrogens (primary N) is 1. The van der Waals surface area contributed by atoms with Crippen LogP contribution in [0.15, 0.2) is 0 Å². The lowest BCUT2D eigenvalue weighted by molar-refractivity contribution is -0.132. The number of fused-ring (bicyclic) bond motifs is 2. The third-order valence-electron chi connectivity index (χ3n) is 5.37. The zero-order valence-electron chi connectivity index (χ0n) is 12.6. The SMILES string of the molecule is CC1(C)CC2CC(C)(CN2C(=O)CC(N)C2CC2)C1. The Bertz CT molecular complexity index is 388. The van der Waals surface area contributed by atoms with Crippen LogP contribution in [0.3, 0.4) is 0 Å². The average molecular weight is 264 g/mol. The average Bonchev–Trinajstić information content (AvgIpc) is 3.03. The molecule has 3 aliphatic rings. The number of amides is 1. The van der Waals surface area contributed by atoms with Crippen LogP contribution in [-0.4, -0.2) is 29.4 Å². The maximum Gasteiger partial charge on any atom is 0.224 e. The summed E-state index contributed by atoms with van der Waals surface area (Å²) in [6, 6.07) is 0.571. The summed E-state index contributed by atoms with van der Waals surface area (Å²) in [5.74, 6) is 0.934. The Morgan fingerprint density at radius 2 is 2.00 bits per heavy atom. The molecule has 1 aliphatic heterocycles. The molecule has 0 aromatic carbocycles. The third kappa shape index (κ3) is 2.67. The van der Waals surface area contributed by atoms with Crippen LogP contribution >= 0.6 is 0 Å².